The van der Waals surface area contributed by atoms with Crippen LogP contribution in [0.3, 0.4) is 0 Å². The van der Waals surface area contributed by atoms with Crippen LogP contribution in [0.25, 0.3) is 0 Å². The van der Waals surface area contributed by atoms with Crippen LogP contribution >= 0.6 is 15.9 Å². The van der Waals surface area contributed by atoms with Crippen LogP contribution in [0.15, 0.2) is 29.0 Å². The molecule has 2 aromatic rings. The third-order valence-corrected chi connectivity index (χ3v) is 3.14. The van der Waals surface area contributed by atoms with Gasteiger partial charge in [-0.05, 0) is 24.6 Å². The Hall–Kier alpha value is -1.73. The number of benzene rings is 1. The van der Waals surface area contributed by atoms with E-state index in [-0.39, 0.29) is 5.75 Å². The highest BCUT2D eigenvalue weighted by molar-refractivity contribution is 9.10. The van der Waals surface area contributed by atoms with Gasteiger partial charge in [0.2, 0.25) is 5.88 Å². The number of aromatic nitrogens is 2. The summed E-state index contributed by atoms with van der Waals surface area (Å²) < 4.78 is 20.0. The topological polar surface area (TPSA) is 73.1 Å². The van der Waals surface area contributed by atoms with Crippen molar-refractivity contribution in [3.63, 3.8) is 0 Å². The minimum atomic E-state index is -0.470. The second-order valence-electron chi connectivity index (χ2n) is 4.08. The third kappa shape index (κ3) is 3.23. The number of hydrazine groups is 1. The van der Waals surface area contributed by atoms with Crippen LogP contribution in [-0.2, 0) is 6.42 Å². The van der Waals surface area contributed by atoms with Crippen LogP contribution in [0.1, 0.15) is 18.9 Å². The summed E-state index contributed by atoms with van der Waals surface area (Å²) in [4.78, 5) is 8.08. The van der Waals surface area contributed by atoms with Gasteiger partial charge in [0.25, 0.3) is 0 Å². The highest BCUT2D eigenvalue weighted by Gasteiger charge is 2.14. The lowest BCUT2D eigenvalue weighted by atomic mass is 10.2. The molecule has 0 saturated carbocycles. The van der Waals surface area contributed by atoms with Crippen LogP contribution in [0, 0.1) is 5.82 Å². The Morgan fingerprint density at radius 2 is 2.20 bits per heavy atom. The van der Waals surface area contributed by atoms with Crippen LogP contribution < -0.4 is 16.0 Å². The molecule has 1 aromatic carbocycles. The van der Waals surface area contributed by atoms with E-state index in [2.05, 4.69) is 31.3 Å². The Labute approximate surface area is 124 Å². The SMILES string of the molecule is CCCc1c(NN)ncnc1Oc1ccc(Br)cc1F. The molecule has 0 aliphatic heterocycles. The molecule has 1 heterocycles. The molecular weight excluding hydrogens is 327 g/mol. The second kappa shape index (κ2) is 6.62. The highest BCUT2D eigenvalue weighted by atomic mass is 79.9. The molecule has 5 nitrogen and oxygen atoms in total. The smallest absolute Gasteiger partial charge is 0.227 e. The molecule has 0 atom stereocenters. The number of halogens is 2. The normalized spacial score (nSPS) is 10.4. The van der Waals surface area contributed by atoms with E-state index >= 15 is 0 Å². The van der Waals surface area contributed by atoms with E-state index < -0.39 is 5.82 Å². The largest absolute Gasteiger partial charge is 0.435 e. The molecule has 2 rings (SSSR count). The Bertz CT molecular complexity index is 609. The van der Waals surface area contributed by atoms with Crippen molar-refractivity contribution in [2.24, 2.45) is 5.84 Å². The quantitative estimate of drug-likeness (QED) is 0.644. The molecule has 0 saturated heterocycles. The molecule has 1 aromatic heterocycles. The standard InChI is InChI=1S/C13H14BrFN4O/c1-2-3-9-12(19-16)17-7-18-13(9)20-11-5-4-8(14)6-10(11)15/h4-7H,2-3,16H2,1H3,(H,17,18,19). The van der Waals surface area contributed by atoms with Gasteiger partial charge in [0.05, 0.1) is 5.56 Å². The van der Waals surface area contributed by atoms with Gasteiger partial charge < -0.3 is 10.2 Å². The number of nitrogens with two attached hydrogens (primary N) is 1. The minimum absolute atomic E-state index is 0.104. The van der Waals surface area contributed by atoms with Crippen LogP contribution in [0.2, 0.25) is 0 Å². The van der Waals surface area contributed by atoms with Gasteiger partial charge in [0, 0.05) is 4.47 Å². The summed E-state index contributed by atoms with van der Waals surface area (Å²) in [6.45, 7) is 2.01. The number of nitrogens with zero attached hydrogens (tertiary/aromatic N) is 2. The zero-order chi connectivity index (χ0) is 14.5. The first-order valence-electron chi connectivity index (χ1n) is 6.09. The summed E-state index contributed by atoms with van der Waals surface area (Å²) >= 11 is 3.20. The molecule has 0 aliphatic carbocycles. The van der Waals surface area contributed by atoms with E-state index in [1.165, 1.54) is 18.5 Å². The first kappa shape index (κ1) is 14.7. The summed E-state index contributed by atoms with van der Waals surface area (Å²) in [5.74, 6) is 5.83. The molecular formula is C13H14BrFN4O. The Balaban J connectivity index is 2.37. The molecule has 0 fully saturated rings. The predicted octanol–water partition coefficient (Wildman–Crippen LogP) is 3.41. The van der Waals surface area contributed by atoms with Crippen LogP contribution in [0.5, 0.6) is 11.6 Å². The average molecular weight is 341 g/mol. The maximum absolute atomic E-state index is 13.8. The first-order valence-corrected chi connectivity index (χ1v) is 6.88. The monoisotopic (exact) mass is 340 g/mol. The zero-order valence-electron chi connectivity index (χ0n) is 10.9. The van der Waals surface area contributed by atoms with Crippen molar-refractivity contribution >= 4 is 21.7 Å². The van der Waals surface area contributed by atoms with E-state index in [9.17, 15) is 4.39 Å². The van der Waals surface area contributed by atoms with Gasteiger partial charge in [-0.15, -0.1) is 0 Å². The maximum Gasteiger partial charge on any atom is 0.227 e. The zero-order valence-corrected chi connectivity index (χ0v) is 12.4. The number of hydrogen-bond donors (Lipinski definition) is 2. The van der Waals surface area contributed by atoms with Crippen molar-refractivity contribution in [2.45, 2.75) is 19.8 Å². The summed E-state index contributed by atoms with van der Waals surface area (Å²) in [7, 11) is 0. The lowest BCUT2D eigenvalue weighted by molar-refractivity contribution is 0.421. The van der Waals surface area contributed by atoms with Crippen LogP contribution in [0.4, 0.5) is 10.2 Å². The van der Waals surface area contributed by atoms with Crippen molar-refractivity contribution in [3.05, 3.63) is 40.4 Å². The predicted molar refractivity (Wildman–Crippen MR) is 78.0 cm³/mol. The van der Waals surface area contributed by atoms with Crippen LogP contribution in [-0.4, -0.2) is 9.97 Å². The van der Waals surface area contributed by atoms with Crippen molar-refractivity contribution in [2.75, 3.05) is 5.43 Å². The van der Waals surface area contributed by atoms with E-state index in [1.54, 1.807) is 6.07 Å². The highest BCUT2D eigenvalue weighted by Crippen LogP contribution is 2.30. The summed E-state index contributed by atoms with van der Waals surface area (Å²) in [6, 6.07) is 4.56. The molecule has 7 heteroatoms. The molecule has 0 amide bonds. The summed E-state index contributed by atoms with van der Waals surface area (Å²) in [5.41, 5.74) is 3.22. The number of nitrogens with one attached hydrogen (secondary N) is 1. The van der Waals surface area contributed by atoms with Crippen molar-refractivity contribution in [1.82, 2.24) is 9.97 Å². The van der Waals surface area contributed by atoms with Gasteiger partial charge in [0.15, 0.2) is 11.6 Å². The van der Waals surface area contributed by atoms with Crippen molar-refractivity contribution in [3.8, 4) is 11.6 Å². The number of nitrogen functional groups attached to an aromatic ring is 1. The average Bonchev–Trinajstić information content (AvgIpc) is 2.43. The fraction of sp³-hybridized carbons (Fsp3) is 0.231. The minimum Gasteiger partial charge on any atom is -0.435 e. The number of ether oxygens (including phenoxy) is 1. The van der Waals surface area contributed by atoms with Gasteiger partial charge in [-0.25, -0.2) is 20.2 Å². The summed E-state index contributed by atoms with van der Waals surface area (Å²) in [6.07, 6.45) is 2.86. The van der Waals surface area contributed by atoms with Gasteiger partial charge in [-0.2, -0.15) is 0 Å². The number of rotatable bonds is 5. The molecule has 0 spiro atoms. The third-order valence-electron chi connectivity index (χ3n) is 2.64. The first-order chi connectivity index (χ1) is 9.65. The molecule has 0 unspecified atom stereocenters. The van der Waals surface area contributed by atoms with E-state index in [1.807, 2.05) is 6.92 Å². The second-order valence-corrected chi connectivity index (χ2v) is 4.99. The molecule has 0 aliphatic rings. The Kier molecular flexibility index (Phi) is 4.86. The van der Waals surface area contributed by atoms with Gasteiger partial charge in [-0.1, -0.05) is 29.3 Å². The van der Waals surface area contributed by atoms with E-state index in [4.69, 9.17) is 10.6 Å². The molecule has 0 radical (unpaired) electrons. The Morgan fingerprint density at radius 3 is 2.85 bits per heavy atom. The fourth-order valence-electron chi connectivity index (χ4n) is 1.75. The lowest BCUT2D eigenvalue weighted by Crippen LogP contribution is -2.12. The van der Waals surface area contributed by atoms with Gasteiger partial charge in [-0.3, -0.25) is 0 Å². The van der Waals surface area contributed by atoms with Crippen molar-refractivity contribution < 1.29 is 9.13 Å². The van der Waals surface area contributed by atoms with E-state index in [0.29, 0.717) is 22.6 Å². The summed E-state index contributed by atoms with van der Waals surface area (Å²) in [5, 5.41) is 0. The maximum atomic E-state index is 13.8. The lowest BCUT2D eigenvalue weighted by Gasteiger charge is -2.12. The van der Waals surface area contributed by atoms with Gasteiger partial charge in [0.1, 0.15) is 12.1 Å². The van der Waals surface area contributed by atoms with E-state index in [0.717, 1.165) is 12.0 Å². The van der Waals surface area contributed by atoms with Gasteiger partial charge >= 0.3 is 0 Å². The molecule has 3 N–H and O–H groups in total. The number of anilines is 1. The molecule has 20 heavy (non-hydrogen) atoms. The van der Waals surface area contributed by atoms with Crippen molar-refractivity contribution in [1.29, 1.82) is 0 Å². The fourth-order valence-corrected chi connectivity index (χ4v) is 2.08. The molecule has 0 bridgehead atoms. The Morgan fingerprint density at radius 1 is 1.40 bits per heavy atom. The molecule has 106 valence electrons. The number of hydrogen-bond acceptors (Lipinski definition) is 5.